The van der Waals surface area contributed by atoms with Gasteiger partial charge in [-0.15, -0.1) is 13.2 Å². The molecule has 15 heavy (non-hydrogen) atoms. The van der Waals surface area contributed by atoms with Gasteiger partial charge in [0.2, 0.25) is 6.54 Å². The summed E-state index contributed by atoms with van der Waals surface area (Å²) in [5, 5.41) is 0. The normalized spacial score (nSPS) is 10.8. The number of hydrogen-bond donors (Lipinski definition) is 0. The first-order chi connectivity index (χ1) is 7.01. The van der Waals surface area contributed by atoms with Crippen LogP contribution in [-0.2, 0) is 6.42 Å². The molecule has 0 saturated heterocycles. The predicted molar refractivity (Wildman–Crippen MR) is 48.3 cm³/mol. The van der Waals surface area contributed by atoms with Crippen LogP contribution in [0.15, 0.2) is 24.3 Å². The maximum Gasteiger partial charge on any atom is 0.573 e. The summed E-state index contributed by atoms with van der Waals surface area (Å²) < 4.78 is 39.3. The molecule has 80 valence electrons. The molecule has 1 aromatic rings. The van der Waals surface area contributed by atoms with E-state index < -0.39 is 6.36 Å². The fourth-order valence-corrected chi connectivity index (χ4v) is 1.08. The summed E-state index contributed by atoms with van der Waals surface area (Å²) in [4.78, 5) is 3.12. The summed E-state index contributed by atoms with van der Waals surface area (Å²) in [5.41, 5.74) is 0.660. The predicted octanol–water partition coefficient (Wildman–Crippen LogP) is 3.05. The van der Waals surface area contributed by atoms with E-state index in [2.05, 4.69) is 9.58 Å². The van der Waals surface area contributed by atoms with E-state index in [1.165, 1.54) is 18.2 Å². The van der Waals surface area contributed by atoms with Crippen LogP contribution in [0, 0.1) is 6.57 Å². The number of benzene rings is 1. The number of alkyl halides is 3. The third-order valence-corrected chi connectivity index (χ3v) is 1.64. The molecule has 0 aliphatic carbocycles. The largest absolute Gasteiger partial charge is 0.573 e. The molecule has 0 fully saturated rings. The second-order valence-corrected chi connectivity index (χ2v) is 2.83. The Kier molecular flexibility index (Phi) is 3.56. The maximum atomic E-state index is 11.9. The number of nitrogens with zero attached hydrogens (tertiary/aromatic N) is 1. The Hall–Kier alpha value is -1.70. The zero-order valence-electron chi connectivity index (χ0n) is 7.71. The first-order valence-corrected chi connectivity index (χ1v) is 4.19. The molecule has 0 aromatic heterocycles. The molecule has 0 aliphatic heterocycles. The van der Waals surface area contributed by atoms with E-state index in [1.807, 2.05) is 0 Å². The standard InChI is InChI=1S/C10H8F3NO/c1-14-6-5-8-3-2-4-9(7-8)15-10(11,12)13/h2-4,7H,5-6H2. The van der Waals surface area contributed by atoms with Gasteiger partial charge in [-0.25, -0.2) is 6.57 Å². The highest BCUT2D eigenvalue weighted by molar-refractivity contribution is 5.29. The summed E-state index contributed by atoms with van der Waals surface area (Å²) in [6, 6.07) is 5.66. The van der Waals surface area contributed by atoms with Gasteiger partial charge in [0.05, 0.1) is 0 Å². The minimum absolute atomic E-state index is 0.245. The molecule has 1 rings (SSSR count). The quantitative estimate of drug-likeness (QED) is 0.706. The highest BCUT2D eigenvalue weighted by atomic mass is 19.4. The minimum atomic E-state index is -4.67. The summed E-state index contributed by atoms with van der Waals surface area (Å²) in [6.45, 7) is 6.82. The van der Waals surface area contributed by atoms with Crippen LogP contribution in [0.4, 0.5) is 13.2 Å². The Morgan fingerprint density at radius 1 is 1.33 bits per heavy atom. The van der Waals surface area contributed by atoms with Gasteiger partial charge in [-0.2, -0.15) is 0 Å². The van der Waals surface area contributed by atoms with Crippen LogP contribution in [-0.4, -0.2) is 12.9 Å². The summed E-state index contributed by atoms with van der Waals surface area (Å²) >= 11 is 0. The molecule has 0 radical (unpaired) electrons. The number of rotatable bonds is 3. The molecule has 0 aliphatic rings. The first-order valence-electron chi connectivity index (χ1n) is 4.19. The Balaban J connectivity index is 2.71. The topological polar surface area (TPSA) is 13.6 Å². The lowest BCUT2D eigenvalue weighted by atomic mass is 10.1. The van der Waals surface area contributed by atoms with Crippen molar-refractivity contribution in [2.45, 2.75) is 12.8 Å². The zero-order valence-corrected chi connectivity index (χ0v) is 7.71. The lowest BCUT2D eigenvalue weighted by Crippen LogP contribution is -2.17. The molecule has 0 heterocycles. The van der Waals surface area contributed by atoms with E-state index in [-0.39, 0.29) is 12.3 Å². The van der Waals surface area contributed by atoms with Gasteiger partial charge >= 0.3 is 6.36 Å². The molecular formula is C10H8F3NO. The van der Waals surface area contributed by atoms with Crippen molar-refractivity contribution in [1.29, 1.82) is 0 Å². The van der Waals surface area contributed by atoms with Crippen molar-refractivity contribution >= 4 is 0 Å². The monoisotopic (exact) mass is 215 g/mol. The van der Waals surface area contributed by atoms with Crippen LogP contribution < -0.4 is 4.74 Å². The molecule has 0 N–H and O–H groups in total. The smallest absolute Gasteiger partial charge is 0.406 e. The SMILES string of the molecule is [C-]#[N+]CCc1cccc(OC(F)(F)F)c1. The van der Waals surface area contributed by atoms with Crippen LogP contribution in [0.1, 0.15) is 5.56 Å². The second kappa shape index (κ2) is 4.69. The van der Waals surface area contributed by atoms with Crippen molar-refractivity contribution in [3.8, 4) is 5.75 Å². The van der Waals surface area contributed by atoms with E-state index in [0.29, 0.717) is 12.0 Å². The van der Waals surface area contributed by atoms with Gasteiger partial charge in [-0.3, -0.25) is 0 Å². The Morgan fingerprint density at radius 3 is 2.67 bits per heavy atom. The van der Waals surface area contributed by atoms with Crippen molar-refractivity contribution in [2.75, 3.05) is 6.54 Å². The Bertz CT molecular complexity index is 368. The number of ether oxygens (including phenoxy) is 1. The first kappa shape index (κ1) is 11.4. The molecule has 0 unspecified atom stereocenters. The van der Waals surface area contributed by atoms with Gasteiger partial charge in [0.15, 0.2) is 0 Å². The van der Waals surface area contributed by atoms with Crippen molar-refractivity contribution < 1.29 is 17.9 Å². The number of hydrogen-bond acceptors (Lipinski definition) is 1. The third kappa shape index (κ3) is 4.36. The summed E-state index contributed by atoms with van der Waals surface area (Å²) in [7, 11) is 0. The molecule has 0 spiro atoms. The zero-order chi connectivity index (χ0) is 11.3. The van der Waals surface area contributed by atoms with E-state index in [4.69, 9.17) is 6.57 Å². The fraction of sp³-hybridized carbons (Fsp3) is 0.300. The van der Waals surface area contributed by atoms with Gasteiger partial charge < -0.3 is 9.58 Å². The van der Waals surface area contributed by atoms with Gasteiger partial charge in [0.25, 0.3) is 0 Å². The van der Waals surface area contributed by atoms with Crippen LogP contribution in [0.5, 0.6) is 5.75 Å². The van der Waals surface area contributed by atoms with Crippen LogP contribution in [0.3, 0.4) is 0 Å². The van der Waals surface area contributed by atoms with E-state index >= 15 is 0 Å². The average molecular weight is 215 g/mol. The summed E-state index contributed by atoms with van der Waals surface area (Å²) in [5.74, 6) is -0.245. The highest BCUT2D eigenvalue weighted by Crippen LogP contribution is 2.23. The fourth-order valence-electron chi connectivity index (χ4n) is 1.08. The van der Waals surface area contributed by atoms with Crippen LogP contribution in [0.25, 0.3) is 4.85 Å². The number of halogens is 3. The Labute approximate surface area is 85.1 Å². The minimum Gasteiger partial charge on any atom is -0.406 e. The van der Waals surface area contributed by atoms with Crippen molar-refractivity contribution in [3.63, 3.8) is 0 Å². The summed E-state index contributed by atoms with van der Waals surface area (Å²) in [6.07, 6.45) is -4.24. The van der Waals surface area contributed by atoms with Gasteiger partial charge in [0, 0.05) is 6.42 Å². The second-order valence-electron chi connectivity index (χ2n) is 2.83. The molecule has 0 amide bonds. The molecular weight excluding hydrogens is 207 g/mol. The Morgan fingerprint density at radius 2 is 2.07 bits per heavy atom. The maximum absolute atomic E-state index is 11.9. The van der Waals surface area contributed by atoms with Gasteiger partial charge in [-0.1, -0.05) is 12.1 Å². The molecule has 0 atom stereocenters. The van der Waals surface area contributed by atoms with E-state index in [1.54, 1.807) is 6.07 Å². The highest BCUT2D eigenvalue weighted by Gasteiger charge is 2.31. The lowest BCUT2D eigenvalue weighted by Gasteiger charge is -2.09. The lowest BCUT2D eigenvalue weighted by molar-refractivity contribution is -0.274. The molecule has 0 bridgehead atoms. The van der Waals surface area contributed by atoms with Crippen LogP contribution >= 0.6 is 0 Å². The van der Waals surface area contributed by atoms with Crippen molar-refractivity contribution in [3.05, 3.63) is 41.2 Å². The average Bonchev–Trinajstić information content (AvgIpc) is 2.12. The molecule has 2 nitrogen and oxygen atoms in total. The van der Waals surface area contributed by atoms with Gasteiger partial charge in [0.1, 0.15) is 5.75 Å². The molecule has 0 saturated carbocycles. The molecule has 1 aromatic carbocycles. The van der Waals surface area contributed by atoms with Crippen molar-refractivity contribution in [1.82, 2.24) is 0 Å². The third-order valence-electron chi connectivity index (χ3n) is 1.64. The van der Waals surface area contributed by atoms with Crippen molar-refractivity contribution in [2.24, 2.45) is 0 Å². The molecule has 5 heteroatoms. The van der Waals surface area contributed by atoms with Crippen LogP contribution in [0.2, 0.25) is 0 Å². The van der Waals surface area contributed by atoms with E-state index in [0.717, 1.165) is 0 Å². The van der Waals surface area contributed by atoms with Gasteiger partial charge in [-0.05, 0) is 17.7 Å². The van der Waals surface area contributed by atoms with E-state index in [9.17, 15) is 13.2 Å².